The van der Waals surface area contributed by atoms with E-state index in [9.17, 15) is 4.79 Å². The average molecular weight is 157 g/mol. The maximum atomic E-state index is 10.7. The van der Waals surface area contributed by atoms with E-state index >= 15 is 0 Å². The lowest BCUT2D eigenvalue weighted by Crippen LogP contribution is -2.22. The molecule has 66 valence electrons. The summed E-state index contributed by atoms with van der Waals surface area (Å²) in [7, 11) is 0. The molecule has 0 saturated heterocycles. The second-order valence-corrected chi connectivity index (χ2v) is 3.00. The molecule has 1 unspecified atom stereocenters. The minimum atomic E-state index is -0.136. The standard InChI is InChI=1S/C9H19NO/c1-3-5-6-7-8(4-2)9(10)11/h8H,3-7H2,1-2H3,(H2,10,11). The SMILES string of the molecule is CCCCCC(CC)C(N)=O. The van der Waals surface area contributed by atoms with Gasteiger partial charge in [-0.2, -0.15) is 0 Å². The van der Waals surface area contributed by atoms with Crippen molar-refractivity contribution in [3.63, 3.8) is 0 Å². The molecule has 2 heteroatoms. The van der Waals surface area contributed by atoms with Crippen LogP contribution in [0.25, 0.3) is 0 Å². The summed E-state index contributed by atoms with van der Waals surface area (Å²) in [6, 6.07) is 0. The Kier molecular flexibility index (Phi) is 5.90. The fourth-order valence-electron chi connectivity index (χ4n) is 1.19. The molecule has 0 aromatic heterocycles. The lowest BCUT2D eigenvalue weighted by Gasteiger charge is -2.08. The molecule has 0 heterocycles. The molecule has 0 radical (unpaired) electrons. The first-order chi connectivity index (χ1) is 5.22. The molecular formula is C9H19NO. The zero-order chi connectivity index (χ0) is 8.69. The summed E-state index contributed by atoms with van der Waals surface area (Å²) in [5.74, 6) is -0.0230. The number of hydrogen-bond acceptors (Lipinski definition) is 1. The van der Waals surface area contributed by atoms with Crippen LogP contribution in [0.5, 0.6) is 0 Å². The van der Waals surface area contributed by atoms with E-state index in [4.69, 9.17) is 5.73 Å². The molecule has 0 aromatic rings. The predicted octanol–water partition coefficient (Wildman–Crippen LogP) is 2.08. The number of rotatable bonds is 6. The van der Waals surface area contributed by atoms with Crippen LogP contribution in [-0.2, 0) is 4.79 Å². The number of amides is 1. The number of primary amides is 1. The zero-order valence-corrected chi connectivity index (χ0v) is 7.60. The van der Waals surface area contributed by atoms with E-state index in [0.29, 0.717) is 0 Å². The van der Waals surface area contributed by atoms with Gasteiger partial charge < -0.3 is 5.73 Å². The highest BCUT2D eigenvalue weighted by molar-refractivity contribution is 5.76. The summed E-state index contributed by atoms with van der Waals surface area (Å²) in [6.45, 7) is 4.17. The van der Waals surface area contributed by atoms with Gasteiger partial charge >= 0.3 is 0 Å². The molecular weight excluding hydrogens is 138 g/mol. The minimum absolute atomic E-state index is 0.113. The average Bonchev–Trinajstić information content (AvgIpc) is 1.97. The highest BCUT2D eigenvalue weighted by Gasteiger charge is 2.10. The molecule has 0 aromatic carbocycles. The fraction of sp³-hybridized carbons (Fsp3) is 0.889. The number of nitrogens with two attached hydrogens (primary N) is 1. The maximum Gasteiger partial charge on any atom is 0.220 e. The van der Waals surface area contributed by atoms with Gasteiger partial charge in [0.1, 0.15) is 0 Å². The van der Waals surface area contributed by atoms with Gasteiger partial charge in [0.2, 0.25) is 5.91 Å². The quantitative estimate of drug-likeness (QED) is 0.589. The molecule has 2 nitrogen and oxygen atoms in total. The summed E-state index contributed by atoms with van der Waals surface area (Å²) < 4.78 is 0. The van der Waals surface area contributed by atoms with Crippen LogP contribution in [0, 0.1) is 5.92 Å². The van der Waals surface area contributed by atoms with Crippen LogP contribution in [0.15, 0.2) is 0 Å². The van der Waals surface area contributed by atoms with Gasteiger partial charge in [0.15, 0.2) is 0 Å². The van der Waals surface area contributed by atoms with Gasteiger partial charge in [-0.05, 0) is 12.8 Å². The monoisotopic (exact) mass is 157 g/mol. The molecule has 1 atom stereocenters. The molecule has 0 bridgehead atoms. The van der Waals surface area contributed by atoms with Crippen molar-refractivity contribution in [3.8, 4) is 0 Å². The van der Waals surface area contributed by atoms with E-state index in [-0.39, 0.29) is 11.8 Å². The molecule has 0 rings (SSSR count). The topological polar surface area (TPSA) is 43.1 Å². The fourth-order valence-corrected chi connectivity index (χ4v) is 1.19. The Morgan fingerprint density at radius 1 is 1.36 bits per heavy atom. The number of carbonyl (C=O) groups is 1. The summed E-state index contributed by atoms with van der Waals surface area (Å²) in [5, 5.41) is 0. The second-order valence-electron chi connectivity index (χ2n) is 3.00. The van der Waals surface area contributed by atoms with Gasteiger partial charge in [-0.1, -0.05) is 33.1 Å². The van der Waals surface area contributed by atoms with Crippen LogP contribution in [0.3, 0.4) is 0 Å². The summed E-state index contributed by atoms with van der Waals surface area (Å²) in [5.41, 5.74) is 5.19. The van der Waals surface area contributed by atoms with Crippen LogP contribution in [-0.4, -0.2) is 5.91 Å². The van der Waals surface area contributed by atoms with Gasteiger partial charge in [-0.25, -0.2) is 0 Å². The predicted molar refractivity (Wildman–Crippen MR) is 47.1 cm³/mol. The number of carbonyl (C=O) groups excluding carboxylic acids is 1. The van der Waals surface area contributed by atoms with E-state index < -0.39 is 0 Å². The Labute approximate surface area is 69.2 Å². The van der Waals surface area contributed by atoms with Crippen molar-refractivity contribution in [1.82, 2.24) is 0 Å². The summed E-state index contributed by atoms with van der Waals surface area (Å²) in [6.07, 6.45) is 5.41. The first-order valence-corrected chi connectivity index (χ1v) is 4.51. The van der Waals surface area contributed by atoms with Crippen molar-refractivity contribution >= 4 is 5.91 Å². The molecule has 0 aliphatic carbocycles. The Bertz CT molecular complexity index is 112. The van der Waals surface area contributed by atoms with E-state index in [1.165, 1.54) is 12.8 Å². The first-order valence-electron chi connectivity index (χ1n) is 4.51. The first kappa shape index (κ1) is 10.5. The molecule has 0 aliphatic rings. The van der Waals surface area contributed by atoms with E-state index in [0.717, 1.165) is 19.3 Å². The molecule has 0 spiro atoms. The van der Waals surface area contributed by atoms with Crippen molar-refractivity contribution in [2.24, 2.45) is 11.7 Å². The third-order valence-corrected chi connectivity index (χ3v) is 2.05. The largest absolute Gasteiger partial charge is 0.369 e. The van der Waals surface area contributed by atoms with Gasteiger partial charge in [-0.15, -0.1) is 0 Å². The highest BCUT2D eigenvalue weighted by atomic mass is 16.1. The normalized spacial score (nSPS) is 12.9. The van der Waals surface area contributed by atoms with E-state index in [2.05, 4.69) is 6.92 Å². The molecule has 0 saturated carbocycles. The van der Waals surface area contributed by atoms with Crippen molar-refractivity contribution in [2.75, 3.05) is 0 Å². The lowest BCUT2D eigenvalue weighted by molar-refractivity contribution is -0.122. The number of unbranched alkanes of at least 4 members (excludes halogenated alkanes) is 2. The van der Waals surface area contributed by atoms with Crippen molar-refractivity contribution < 1.29 is 4.79 Å². The van der Waals surface area contributed by atoms with Crippen LogP contribution >= 0.6 is 0 Å². The van der Waals surface area contributed by atoms with E-state index in [1.54, 1.807) is 0 Å². The maximum absolute atomic E-state index is 10.7. The zero-order valence-electron chi connectivity index (χ0n) is 7.60. The molecule has 2 N–H and O–H groups in total. The lowest BCUT2D eigenvalue weighted by atomic mass is 9.98. The van der Waals surface area contributed by atoms with Crippen molar-refractivity contribution in [2.45, 2.75) is 46.0 Å². The molecule has 0 fully saturated rings. The minimum Gasteiger partial charge on any atom is -0.369 e. The third kappa shape index (κ3) is 4.82. The Morgan fingerprint density at radius 2 is 2.00 bits per heavy atom. The van der Waals surface area contributed by atoms with Crippen LogP contribution in [0.1, 0.15) is 46.0 Å². The van der Waals surface area contributed by atoms with Crippen LogP contribution in [0.2, 0.25) is 0 Å². The van der Waals surface area contributed by atoms with Crippen LogP contribution < -0.4 is 5.73 Å². The van der Waals surface area contributed by atoms with Crippen molar-refractivity contribution in [1.29, 1.82) is 0 Å². The Balaban J connectivity index is 3.44. The summed E-state index contributed by atoms with van der Waals surface area (Å²) >= 11 is 0. The number of hydrogen-bond donors (Lipinski definition) is 1. The van der Waals surface area contributed by atoms with Gasteiger partial charge in [-0.3, -0.25) is 4.79 Å². The Morgan fingerprint density at radius 3 is 2.36 bits per heavy atom. The smallest absolute Gasteiger partial charge is 0.220 e. The molecule has 0 aliphatic heterocycles. The molecule has 11 heavy (non-hydrogen) atoms. The third-order valence-electron chi connectivity index (χ3n) is 2.05. The highest BCUT2D eigenvalue weighted by Crippen LogP contribution is 2.12. The molecule has 1 amide bonds. The van der Waals surface area contributed by atoms with Crippen molar-refractivity contribution in [3.05, 3.63) is 0 Å². The van der Waals surface area contributed by atoms with E-state index in [1.807, 2.05) is 6.92 Å². The van der Waals surface area contributed by atoms with Crippen LogP contribution in [0.4, 0.5) is 0 Å². The Hall–Kier alpha value is -0.530. The van der Waals surface area contributed by atoms with Gasteiger partial charge in [0.25, 0.3) is 0 Å². The van der Waals surface area contributed by atoms with Gasteiger partial charge in [0, 0.05) is 5.92 Å². The summed E-state index contributed by atoms with van der Waals surface area (Å²) in [4.78, 5) is 10.7. The second kappa shape index (κ2) is 6.20. The van der Waals surface area contributed by atoms with Gasteiger partial charge in [0.05, 0.1) is 0 Å².